The monoisotopic (exact) mass is 288 g/mol. The van der Waals surface area contributed by atoms with Crippen LogP contribution in [0.15, 0.2) is 21.2 Å². The molecule has 0 aromatic carbocycles. The van der Waals surface area contributed by atoms with Gasteiger partial charge in [-0.3, -0.25) is 0 Å². The Hall–Kier alpha value is -1.14. The molecule has 1 N–H and O–H groups in total. The molecule has 0 saturated carbocycles. The first-order valence-electron chi connectivity index (χ1n) is 4.65. The van der Waals surface area contributed by atoms with Gasteiger partial charge < -0.3 is 13.9 Å². The molecule has 2 heterocycles. The van der Waals surface area contributed by atoms with Gasteiger partial charge in [0.05, 0.1) is 17.7 Å². The lowest BCUT2D eigenvalue weighted by Gasteiger charge is -1.80. The van der Waals surface area contributed by atoms with Gasteiger partial charge in [-0.25, -0.2) is 9.97 Å². The van der Waals surface area contributed by atoms with Crippen molar-refractivity contribution in [2.75, 3.05) is 0 Å². The summed E-state index contributed by atoms with van der Waals surface area (Å²) in [6.45, 7) is 3.49. The summed E-state index contributed by atoms with van der Waals surface area (Å²) in [7, 11) is 0. The van der Waals surface area contributed by atoms with Gasteiger partial charge in [-0.2, -0.15) is 0 Å². The third kappa shape index (κ3) is 4.16. The predicted octanol–water partition coefficient (Wildman–Crippen LogP) is 2.35. The van der Waals surface area contributed by atoms with Crippen molar-refractivity contribution in [1.29, 1.82) is 0 Å². The number of hydrogen-bond acceptors (Lipinski definition) is 5. The quantitative estimate of drug-likeness (QED) is 0.859. The first-order chi connectivity index (χ1) is 7.65. The maximum atomic E-state index is 8.42. The van der Waals surface area contributed by atoms with Gasteiger partial charge in [0, 0.05) is 13.8 Å². The number of oxazole rings is 2. The lowest BCUT2D eigenvalue weighted by atomic mass is 10.6. The summed E-state index contributed by atoms with van der Waals surface area (Å²) < 4.78 is 9.95. The summed E-state index contributed by atoms with van der Waals surface area (Å²) in [5.74, 6) is 2.71. The second kappa shape index (κ2) is 6.44. The SMILES string of the molecule is Cc1ncc(CBr)o1.Cc1ncc(CO)o1. The molecule has 0 atom stereocenters. The van der Waals surface area contributed by atoms with Crippen molar-refractivity contribution in [3.8, 4) is 0 Å². The third-order valence-electron chi connectivity index (χ3n) is 1.63. The summed E-state index contributed by atoms with van der Waals surface area (Å²) in [4.78, 5) is 7.65. The van der Waals surface area contributed by atoms with Gasteiger partial charge in [-0.1, -0.05) is 15.9 Å². The van der Waals surface area contributed by atoms with Crippen LogP contribution in [0.3, 0.4) is 0 Å². The van der Waals surface area contributed by atoms with E-state index < -0.39 is 0 Å². The maximum absolute atomic E-state index is 8.42. The highest BCUT2D eigenvalue weighted by Gasteiger charge is 1.94. The van der Waals surface area contributed by atoms with E-state index in [4.69, 9.17) is 13.9 Å². The minimum Gasteiger partial charge on any atom is -0.445 e. The Kier molecular flexibility index (Phi) is 5.21. The third-order valence-corrected chi connectivity index (χ3v) is 2.18. The molecule has 0 fully saturated rings. The molecule has 0 radical (unpaired) electrons. The van der Waals surface area contributed by atoms with E-state index in [0.29, 0.717) is 11.7 Å². The van der Waals surface area contributed by atoms with Gasteiger partial charge in [-0.15, -0.1) is 0 Å². The van der Waals surface area contributed by atoms with Crippen LogP contribution in [0.25, 0.3) is 0 Å². The van der Waals surface area contributed by atoms with Crippen molar-refractivity contribution < 1.29 is 13.9 Å². The van der Waals surface area contributed by atoms with Crippen LogP contribution in [0.4, 0.5) is 0 Å². The van der Waals surface area contributed by atoms with Crippen molar-refractivity contribution in [3.63, 3.8) is 0 Å². The number of aliphatic hydroxyl groups excluding tert-OH is 1. The standard InChI is InChI=1S/C5H6BrNO.C5H7NO2/c1-4-7-3-5(2-6)8-4;1-4-6-2-5(3-7)8-4/h3H,2H2,1H3;2,7H,3H2,1H3. The molecule has 0 bridgehead atoms. The Morgan fingerprint density at radius 1 is 1.12 bits per heavy atom. The zero-order valence-corrected chi connectivity index (χ0v) is 10.7. The van der Waals surface area contributed by atoms with Gasteiger partial charge in [0.15, 0.2) is 11.8 Å². The molecule has 0 saturated heterocycles. The number of rotatable bonds is 2. The largest absolute Gasteiger partial charge is 0.445 e. The summed E-state index contributed by atoms with van der Waals surface area (Å²) in [6, 6.07) is 0. The molecule has 0 unspecified atom stereocenters. The van der Waals surface area contributed by atoms with Gasteiger partial charge in [0.1, 0.15) is 18.1 Å². The zero-order chi connectivity index (χ0) is 12.0. The van der Waals surface area contributed by atoms with Crippen LogP contribution in [0.5, 0.6) is 0 Å². The number of alkyl halides is 1. The number of aromatic nitrogens is 2. The van der Waals surface area contributed by atoms with Crippen molar-refractivity contribution in [2.24, 2.45) is 0 Å². The summed E-state index contributed by atoms with van der Waals surface area (Å²) >= 11 is 3.24. The second-order valence-corrected chi connectivity index (χ2v) is 3.54. The number of hydrogen-bond donors (Lipinski definition) is 1. The molecule has 0 aliphatic heterocycles. The molecular weight excluding hydrogens is 276 g/mol. The molecule has 0 amide bonds. The number of aliphatic hydroxyl groups is 1. The fourth-order valence-electron chi connectivity index (χ4n) is 0.946. The maximum Gasteiger partial charge on any atom is 0.191 e. The van der Waals surface area contributed by atoms with Gasteiger partial charge in [0.25, 0.3) is 0 Å². The fourth-order valence-corrected chi connectivity index (χ4v) is 1.20. The van der Waals surface area contributed by atoms with Crippen molar-refractivity contribution in [3.05, 3.63) is 35.7 Å². The molecule has 88 valence electrons. The first-order valence-corrected chi connectivity index (χ1v) is 5.77. The van der Waals surface area contributed by atoms with Gasteiger partial charge in [0.2, 0.25) is 0 Å². The number of nitrogens with zero attached hydrogens (tertiary/aromatic N) is 2. The molecule has 6 heteroatoms. The predicted molar refractivity (Wildman–Crippen MR) is 61.0 cm³/mol. The molecule has 0 aliphatic rings. The van der Waals surface area contributed by atoms with Crippen LogP contribution in [0, 0.1) is 13.8 Å². The lowest BCUT2D eigenvalue weighted by molar-refractivity contribution is 0.244. The molecule has 0 aliphatic carbocycles. The van der Waals surface area contributed by atoms with Crippen LogP contribution >= 0.6 is 15.9 Å². The highest BCUT2D eigenvalue weighted by atomic mass is 79.9. The van der Waals surface area contributed by atoms with Crippen LogP contribution in [0.2, 0.25) is 0 Å². The topological polar surface area (TPSA) is 72.3 Å². The van der Waals surface area contributed by atoms with E-state index in [1.807, 2.05) is 6.92 Å². The molecule has 2 rings (SSSR count). The zero-order valence-electron chi connectivity index (χ0n) is 9.11. The van der Waals surface area contributed by atoms with Gasteiger partial charge in [-0.05, 0) is 0 Å². The van der Waals surface area contributed by atoms with Crippen LogP contribution in [-0.4, -0.2) is 15.1 Å². The highest BCUT2D eigenvalue weighted by molar-refractivity contribution is 9.08. The molecule has 2 aromatic rings. The van der Waals surface area contributed by atoms with Crippen molar-refractivity contribution >= 4 is 15.9 Å². The molecule has 16 heavy (non-hydrogen) atoms. The Morgan fingerprint density at radius 2 is 1.62 bits per heavy atom. The van der Waals surface area contributed by atoms with Gasteiger partial charge >= 0.3 is 0 Å². The van der Waals surface area contributed by atoms with Crippen molar-refractivity contribution in [1.82, 2.24) is 9.97 Å². The molecule has 5 nitrogen and oxygen atoms in total. The molecule has 2 aromatic heterocycles. The summed E-state index contributed by atoms with van der Waals surface area (Å²) in [5, 5.41) is 9.16. The van der Waals surface area contributed by atoms with Crippen LogP contribution in [-0.2, 0) is 11.9 Å². The van der Waals surface area contributed by atoms with Crippen LogP contribution < -0.4 is 0 Å². The van der Waals surface area contributed by atoms with E-state index >= 15 is 0 Å². The minimum atomic E-state index is -0.0686. The Labute approximate surface area is 102 Å². The Balaban J connectivity index is 0.000000160. The number of halogens is 1. The molecular formula is C10H13BrN2O3. The lowest BCUT2D eigenvalue weighted by Crippen LogP contribution is -1.73. The van der Waals surface area contributed by atoms with E-state index in [9.17, 15) is 0 Å². The smallest absolute Gasteiger partial charge is 0.191 e. The average Bonchev–Trinajstić information content (AvgIpc) is 2.88. The molecule has 0 spiro atoms. The minimum absolute atomic E-state index is 0.0686. The van der Waals surface area contributed by atoms with E-state index in [1.54, 1.807) is 13.1 Å². The average molecular weight is 289 g/mol. The van der Waals surface area contributed by atoms with E-state index in [2.05, 4.69) is 25.9 Å². The van der Waals surface area contributed by atoms with Crippen molar-refractivity contribution in [2.45, 2.75) is 25.8 Å². The normalized spacial score (nSPS) is 9.75. The number of aryl methyl sites for hydroxylation is 2. The first kappa shape index (κ1) is 12.9. The Morgan fingerprint density at radius 3 is 1.81 bits per heavy atom. The van der Waals surface area contributed by atoms with Crippen LogP contribution in [0.1, 0.15) is 23.3 Å². The van der Waals surface area contributed by atoms with E-state index in [-0.39, 0.29) is 6.61 Å². The highest BCUT2D eigenvalue weighted by Crippen LogP contribution is 2.05. The van der Waals surface area contributed by atoms with E-state index in [0.717, 1.165) is 17.0 Å². The summed E-state index contributed by atoms with van der Waals surface area (Å²) in [5.41, 5.74) is 0. The fraction of sp³-hybridized carbons (Fsp3) is 0.400. The van der Waals surface area contributed by atoms with E-state index in [1.165, 1.54) is 6.20 Å². The second-order valence-electron chi connectivity index (χ2n) is 2.98. The summed E-state index contributed by atoms with van der Waals surface area (Å²) in [6.07, 6.45) is 3.22. The Bertz CT molecular complexity index is 385.